The molecule has 0 radical (unpaired) electrons. The summed E-state index contributed by atoms with van der Waals surface area (Å²) in [5.74, 6) is 1.03. The van der Waals surface area contributed by atoms with Gasteiger partial charge in [0.1, 0.15) is 5.82 Å². The van der Waals surface area contributed by atoms with Gasteiger partial charge in [-0.15, -0.1) is 0 Å². The maximum Gasteiger partial charge on any atom is 0.131 e. The molecule has 0 fully saturated rings. The molecule has 0 aliphatic carbocycles. The summed E-state index contributed by atoms with van der Waals surface area (Å²) in [7, 11) is 0. The molecular weight excluding hydrogens is 258 g/mol. The standard InChI is InChI=1S/C18H19N3/c1-13(2)16-17(14-9-5-3-6-10-14)20-21(18(16)19)15-11-7-4-8-12-15/h3-13H,19H2,1-2H3. The molecule has 0 saturated carbocycles. The van der Waals surface area contributed by atoms with E-state index in [1.165, 1.54) is 0 Å². The van der Waals surface area contributed by atoms with E-state index in [-0.39, 0.29) is 0 Å². The molecular formula is C18H19N3. The predicted octanol–water partition coefficient (Wildman–Crippen LogP) is 4.24. The summed E-state index contributed by atoms with van der Waals surface area (Å²) in [5.41, 5.74) is 10.5. The highest BCUT2D eigenvalue weighted by Crippen LogP contribution is 2.34. The van der Waals surface area contributed by atoms with Crippen molar-refractivity contribution < 1.29 is 0 Å². The molecule has 1 heterocycles. The van der Waals surface area contributed by atoms with Crippen LogP contribution in [0, 0.1) is 0 Å². The fourth-order valence-electron chi connectivity index (χ4n) is 2.59. The minimum atomic E-state index is 0.317. The van der Waals surface area contributed by atoms with Crippen molar-refractivity contribution in [3.8, 4) is 16.9 Å². The summed E-state index contributed by atoms with van der Waals surface area (Å²) in [6.07, 6.45) is 0. The van der Waals surface area contributed by atoms with E-state index in [1.54, 1.807) is 0 Å². The zero-order valence-corrected chi connectivity index (χ0v) is 12.3. The Morgan fingerprint density at radius 2 is 1.48 bits per heavy atom. The minimum absolute atomic E-state index is 0.317. The molecule has 106 valence electrons. The Bertz CT molecular complexity index is 728. The zero-order valence-electron chi connectivity index (χ0n) is 12.3. The van der Waals surface area contributed by atoms with Crippen molar-refractivity contribution >= 4 is 5.82 Å². The summed E-state index contributed by atoms with van der Waals surface area (Å²) in [5, 5.41) is 4.76. The van der Waals surface area contributed by atoms with Crippen LogP contribution in [0.3, 0.4) is 0 Å². The lowest BCUT2D eigenvalue weighted by Crippen LogP contribution is -2.03. The second kappa shape index (κ2) is 5.44. The number of para-hydroxylation sites is 1. The number of rotatable bonds is 3. The van der Waals surface area contributed by atoms with Gasteiger partial charge in [0, 0.05) is 11.1 Å². The van der Waals surface area contributed by atoms with E-state index in [9.17, 15) is 0 Å². The van der Waals surface area contributed by atoms with E-state index >= 15 is 0 Å². The average molecular weight is 277 g/mol. The maximum atomic E-state index is 6.37. The molecule has 3 nitrogen and oxygen atoms in total. The highest BCUT2D eigenvalue weighted by Gasteiger charge is 2.20. The molecule has 3 heteroatoms. The van der Waals surface area contributed by atoms with Crippen molar-refractivity contribution in [2.24, 2.45) is 0 Å². The van der Waals surface area contributed by atoms with E-state index in [0.717, 1.165) is 28.3 Å². The van der Waals surface area contributed by atoms with Crippen LogP contribution in [-0.4, -0.2) is 9.78 Å². The first kappa shape index (κ1) is 13.4. The Hall–Kier alpha value is -2.55. The molecule has 3 rings (SSSR count). The monoisotopic (exact) mass is 277 g/mol. The third-order valence-corrected chi connectivity index (χ3v) is 3.58. The Morgan fingerprint density at radius 1 is 0.905 bits per heavy atom. The number of hydrogen-bond acceptors (Lipinski definition) is 2. The van der Waals surface area contributed by atoms with Crippen molar-refractivity contribution in [1.82, 2.24) is 9.78 Å². The number of hydrogen-bond donors (Lipinski definition) is 1. The quantitative estimate of drug-likeness (QED) is 0.778. The number of aromatic nitrogens is 2. The molecule has 0 unspecified atom stereocenters. The smallest absolute Gasteiger partial charge is 0.131 e. The summed E-state index contributed by atoms with van der Waals surface area (Å²) in [6, 6.07) is 20.2. The van der Waals surface area contributed by atoms with Gasteiger partial charge in [0.2, 0.25) is 0 Å². The number of anilines is 1. The van der Waals surface area contributed by atoms with Crippen LogP contribution in [0.25, 0.3) is 16.9 Å². The van der Waals surface area contributed by atoms with Crippen molar-refractivity contribution in [2.45, 2.75) is 19.8 Å². The fourth-order valence-corrected chi connectivity index (χ4v) is 2.59. The lowest BCUT2D eigenvalue weighted by atomic mass is 9.99. The van der Waals surface area contributed by atoms with E-state index in [1.807, 2.05) is 53.2 Å². The van der Waals surface area contributed by atoms with Gasteiger partial charge in [-0.2, -0.15) is 5.10 Å². The molecule has 2 N–H and O–H groups in total. The van der Waals surface area contributed by atoms with Gasteiger partial charge in [0.05, 0.1) is 11.4 Å². The summed E-state index contributed by atoms with van der Waals surface area (Å²) < 4.78 is 1.83. The van der Waals surface area contributed by atoms with Gasteiger partial charge in [0.15, 0.2) is 0 Å². The van der Waals surface area contributed by atoms with E-state index in [0.29, 0.717) is 5.92 Å². The largest absolute Gasteiger partial charge is 0.383 e. The number of nitrogens with two attached hydrogens (primary N) is 1. The third-order valence-electron chi connectivity index (χ3n) is 3.58. The van der Waals surface area contributed by atoms with Gasteiger partial charge in [-0.1, -0.05) is 62.4 Å². The number of nitrogen functional groups attached to an aromatic ring is 1. The molecule has 0 aliphatic rings. The van der Waals surface area contributed by atoms with Crippen LogP contribution in [0.15, 0.2) is 60.7 Å². The molecule has 21 heavy (non-hydrogen) atoms. The molecule has 2 aromatic carbocycles. The Labute approximate surface area is 125 Å². The van der Waals surface area contributed by atoms with Gasteiger partial charge in [-0.25, -0.2) is 4.68 Å². The fraction of sp³-hybridized carbons (Fsp3) is 0.167. The molecule has 3 aromatic rings. The highest BCUT2D eigenvalue weighted by molar-refractivity contribution is 5.70. The van der Waals surface area contributed by atoms with E-state index in [2.05, 4.69) is 26.0 Å². The summed E-state index contributed by atoms with van der Waals surface area (Å²) in [6.45, 7) is 4.30. The van der Waals surface area contributed by atoms with Crippen molar-refractivity contribution in [2.75, 3.05) is 5.73 Å². The van der Waals surface area contributed by atoms with Crippen LogP contribution >= 0.6 is 0 Å². The van der Waals surface area contributed by atoms with Crippen LogP contribution in [0.1, 0.15) is 25.3 Å². The van der Waals surface area contributed by atoms with Crippen LogP contribution in [-0.2, 0) is 0 Å². The molecule has 0 saturated heterocycles. The predicted molar refractivity (Wildman–Crippen MR) is 87.5 cm³/mol. The van der Waals surface area contributed by atoms with Crippen LogP contribution in [0.4, 0.5) is 5.82 Å². The van der Waals surface area contributed by atoms with Gasteiger partial charge in [-0.3, -0.25) is 0 Å². The first-order valence-electron chi connectivity index (χ1n) is 7.17. The lowest BCUT2D eigenvalue weighted by Gasteiger charge is -2.07. The SMILES string of the molecule is CC(C)c1c(-c2ccccc2)nn(-c2ccccc2)c1N. The summed E-state index contributed by atoms with van der Waals surface area (Å²) >= 11 is 0. The first-order valence-corrected chi connectivity index (χ1v) is 7.17. The molecule has 0 bridgehead atoms. The Kier molecular flexibility index (Phi) is 3.48. The average Bonchev–Trinajstić information content (AvgIpc) is 2.87. The number of nitrogens with zero attached hydrogens (tertiary/aromatic N) is 2. The van der Waals surface area contributed by atoms with Gasteiger partial charge in [0.25, 0.3) is 0 Å². The third kappa shape index (κ3) is 2.42. The molecule has 0 amide bonds. The second-order valence-electron chi connectivity index (χ2n) is 5.42. The lowest BCUT2D eigenvalue weighted by molar-refractivity contribution is 0.867. The minimum Gasteiger partial charge on any atom is -0.383 e. The molecule has 1 aromatic heterocycles. The summed E-state index contributed by atoms with van der Waals surface area (Å²) in [4.78, 5) is 0. The maximum absolute atomic E-state index is 6.37. The van der Waals surface area contributed by atoms with Gasteiger partial charge >= 0.3 is 0 Å². The molecule has 0 aliphatic heterocycles. The zero-order chi connectivity index (χ0) is 14.8. The van der Waals surface area contributed by atoms with Crippen LogP contribution in [0.5, 0.6) is 0 Å². The molecule has 0 spiro atoms. The van der Waals surface area contributed by atoms with Crippen LogP contribution < -0.4 is 5.73 Å². The van der Waals surface area contributed by atoms with Crippen molar-refractivity contribution in [1.29, 1.82) is 0 Å². The molecule has 0 atom stereocenters. The van der Waals surface area contributed by atoms with Gasteiger partial charge < -0.3 is 5.73 Å². The first-order chi connectivity index (χ1) is 10.2. The van der Waals surface area contributed by atoms with Crippen molar-refractivity contribution in [3.05, 3.63) is 66.2 Å². The van der Waals surface area contributed by atoms with Gasteiger partial charge in [-0.05, 0) is 18.1 Å². The Balaban J connectivity index is 2.22. The highest BCUT2D eigenvalue weighted by atomic mass is 15.3. The van der Waals surface area contributed by atoms with Crippen LogP contribution in [0.2, 0.25) is 0 Å². The second-order valence-corrected chi connectivity index (χ2v) is 5.42. The Morgan fingerprint density at radius 3 is 2.05 bits per heavy atom. The van der Waals surface area contributed by atoms with E-state index < -0.39 is 0 Å². The van der Waals surface area contributed by atoms with E-state index in [4.69, 9.17) is 10.8 Å². The normalized spacial score (nSPS) is 11.0. The number of benzene rings is 2. The van der Waals surface area contributed by atoms with Crippen molar-refractivity contribution in [3.63, 3.8) is 0 Å². The topological polar surface area (TPSA) is 43.8 Å².